The van der Waals surface area contributed by atoms with E-state index in [-0.39, 0.29) is 0 Å². The summed E-state index contributed by atoms with van der Waals surface area (Å²) in [6, 6.07) is 25.4. The monoisotopic (exact) mass is 356 g/mol. The molecule has 0 fully saturated rings. The van der Waals surface area contributed by atoms with Crippen molar-refractivity contribution in [3.05, 3.63) is 90.5 Å². The number of benzene rings is 4. The number of aliphatic carboxylic acids is 1. The third kappa shape index (κ3) is 3.13. The van der Waals surface area contributed by atoms with E-state index in [9.17, 15) is 14.7 Å². The molecule has 0 aliphatic heterocycles. The first-order valence-corrected chi connectivity index (χ1v) is 8.54. The fourth-order valence-corrected chi connectivity index (χ4v) is 3.26. The molecule has 0 aliphatic rings. The van der Waals surface area contributed by atoms with E-state index in [1.54, 1.807) is 30.3 Å². The number of para-hydroxylation sites is 1. The van der Waals surface area contributed by atoms with Crippen molar-refractivity contribution in [3.63, 3.8) is 0 Å². The molecule has 0 aliphatic carbocycles. The normalized spacial score (nSPS) is 12.0. The van der Waals surface area contributed by atoms with E-state index in [0.717, 1.165) is 10.8 Å². The molecule has 132 valence electrons. The van der Waals surface area contributed by atoms with Gasteiger partial charge in [-0.15, -0.1) is 0 Å². The van der Waals surface area contributed by atoms with Crippen LogP contribution in [0.25, 0.3) is 21.5 Å². The molecular formula is C23H16O4. The number of carbonyl (C=O) groups excluding carboxylic acids is 1. The van der Waals surface area contributed by atoms with E-state index < -0.39 is 17.9 Å². The first-order chi connectivity index (χ1) is 13.1. The smallest absolute Gasteiger partial charge is 0.353 e. The summed E-state index contributed by atoms with van der Waals surface area (Å²) in [5.41, 5.74) is 0.368. The van der Waals surface area contributed by atoms with Crippen LogP contribution in [-0.4, -0.2) is 23.0 Å². The molecule has 4 aromatic carbocycles. The molecule has 4 nitrogen and oxygen atoms in total. The molecule has 4 rings (SSSR count). The number of carbonyl (C=O) groups is 2. The van der Waals surface area contributed by atoms with Crippen LogP contribution in [0.1, 0.15) is 10.4 Å². The van der Waals surface area contributed by atoms with Crippen LogP contribution in [0.5, 0.6) is 5.75 Å². The number of Topliss-reactive ketones (excluding diaryl/α,β-unsaturated/α-hetero) is 1. The van der Waals surface area contributed by atoms with Gasteiger partial charge in [0.15, 0.2) is 0 Å². The molecule has 0 radical (unpaired) electrons. The first-order valence-electron chi connectivity index (χ1n) is 8.54. The second-order valence-electron chi connectivity index (χ2n) is 6.21. The lowest BCUT2D eigenvalue weighted by Crippen LogP contribution is -2.36. The molecule has 0 bridgehead atoms. The molecule has 0 amide bonds. The van der Waals surface area contributed by atoms with E-state index in [1.165, 1.54) is 0 Å². The molecule has 1 atom stereocenters. The van der Waals surface area contributed by atoms with E-state index in [0.29, 0.717) is 22.1 Å². The Labute approximate surface area is 155 Å². The summed E-state index contributed by atoms with van der Waals surface area (Å²) in [5, 5.41) is 12.8. The molecule has 1 N–H and O–H groups in total. The molecule has 1 unspecified atom stereocenters. The van der Waals surface area contributed by atoms with Crippen molar-refractivity contribution in [1.29, 1.82) is 0 Å². The molecule has 0 heterocycles. The Bertz CT molecular complexity index is 1090. The lowest BCUT2D eigenvalue weighted by Gasteiger charge is -2.17. The maximum absolute atomic E-state index is 13.3. The predicted molar refractivity (Wildman–Crippen MR) is 104 cm³/mol. The summed E-state index contributed by atoms with van der Waals surface area (Å²) in [7, 11) is 0. The Kier molecular flexibility index (Phi) is 4.30. The highest BCUT2D eigenvalue weighted by Gasteiger charge is 2.31. The summed E-state index contributed by atoms with van der Waals surface area (Å²) in [6.07, 6.45) is -1.62. The number of ketones is 1. The average Bonchev–Trinajstić information content (AvgIpc) is 2.70. The lowest BCUT2D eigenvalue weighted by molar-refractivity contribution is -0.142. The van der Waals surface area contributed by atoms with Crippen molar-refractivity contribution in [3.8, 4) is 5.75 Å². The fourth-order valence-electron chi connectivity index (χ4n) is 3.26. The second kappa shape index (κ2) is 6.92. The highest BCUT2D eigenvalue weighted by Crippen LogP contribution is 2.30. The van der Waals surface area contributed by atoms with E-state index in [2.05, 4.69) is 0 Å². The summed E-state index contributed by atoms with van der Waals surface area (Å²) in [5.74, 6) is -1.55. The zero-order chi connectivity index (χ0) is 18.8. The second-order valence-corrected chi connectivity index (χ2v) is 6.21. The fraction of sp³-hybridized carbons (Fsp3) is 0.0435. The molecule has 0 spiro atoms. The summed E-state index contributed by atoms with van der Waals surface area (Å²) in [6.45, 7) is 0. The molecule has 0 aromatic heterocycles. The number of carboxylic acids is 1. The minimum atomic E-state index is -1.62. The Balaban J connectivity index is 1.90. The molecule has 0 saturated carbocycles. The maximum Gasteiger partial charge on any atom is 0.353 e. The Morgan fingerprint density at radius 1 is 0.741 bits per heavy atom. The third-order valence-electron chi connectivity index (χ3n) is 4.48. The van der Waals surface area contributed by atoms with Crippen LogP contribution < -0.4 is 4.74 Å². The number of hydrogen-bond donors (Lipinski definition) is 1. The molecule has 0 saturated heterocycles. The van der Waals surface area contributed by atoms with Crippen molar-refractivity contribution in [2.45, 2.75) is 6.10 Å². The Hall–Kier alpha value is -3.66. The summed E-state index contributed by atoms with van der Waals surface area (Å²) in [4.78, 5) is 25.2. The standard InChI is InChI=1S/C23H16O4/c24-21(22(23(25)26)27-17-10-2-1-3-11-17)20-18-12-6-4-8-15(18)14-16-9-5-7-13-19(16)20/h1-14,22H,(H,25,26). The van der Waals surface area contributed by atoms with Gasteiger partial charge in [0.1, 0.15) is 5.75 Å². The SMILES string of the molecule is O=C(O)C(Oc1ccccc1)C(=O)c1c2ccccc2cc2ccccc12. The Morgan fingerprint density at radius 2 is 1.26 bits per heavy atom. The van der Waals surface area contributed by atoms with Gasteiger partial charge in [-0.1, -0.05) is 66.7 Å². The minimum absolute atomic E-state index is 0.336. The predicted octanol–water partition coefficient (Wildman–Crippen LogP) is 4.71. The van der Waals surface area contributed by atoms with Gasteiger partial charge >= 0.3 is 5.97 Å². The van der Waals surface area contributed by atoms with Crippen LogP contribution in [0.2, 0.25) is 0 Å². The van der Waals surface area contributed by atoms with Crippen LogP contribution in [0.4, 0.5) is 0 Å². The van der Waals surface area contributed by atoms with Gasteiger partial charge in [-0.25, -0.2) is 4.79 Å². The number of ether oxygens (including phenoxy) is 1. The molecule has 4 heteroatoms. The Morgan fingerprint density at radius 3 is 1.81 bits per heavy atom. The van der Waals surface area contributed by atoms with Gasteiger partial charge in [0.2, 0.25) is 5.78 Å². The summed E-state index contributed by atoms with van der Waals surface area (Å²) >= 11 is 0. The van der Waals surface area contributed by atoms with E-state index >= 15 is 0 Å². The van der Waals surface area contributed by atoms with Gasteiger partial charge in [-0.3, -0.25) is 4.79 Å². The van der Waals surface area contributed by atoms with Gasteiger partial charge in [0.25, 0.3) is 6.10 Å². The third-order valence-corrected chi connectivity index (χ3v) is 4.48. The van der Waals surface area contributed by atoms with Crippen molar-refractivity contribution < 1.29 is 19.4 Å². The molecular weight excluding hydrogens is 340 g/mol. The van der Waals surface area contributed by atoms with E-state index in [1.807, 2.05) is 54.6 Å². The largest absolute Gasteiger partial charge is 0.478 e. The maximum atomic E-state index is 13.3. The molecule has 4 aromatic rings. The number of rotatable bonds is 5. The quantitative estimate of drug-likeness (QED) is 0.320. The number of carboxylic acid groups (broad SMARTS) is 1. The van der Waals surface area contributed by atoms with E-state index in [4.69, 9.17) is 4.74 Å². The van der Waals surface area contributed by atoms with Crippen LogP contribution in [-0.2, 0) is 4.79 Å². The number of fused-ring (bicyclic) bond motifs is 2. The van der Waals surface area contributed by atoms with Gasteiger partial charge < -0.3 is 9.84 Å². The van der Waals surface area contributed by atoms with Crippen molar-refractivity contribution in [1.82, 2.24) is 0 Å². The zero-order valence-corrected chi connectivity index (χ0v) is 14.3. The average molecular weight is 356 g/mol. The number of hydrogen-bond acceptors (Lipinski definition) is 3. The molecule has 27 heavy (non-hydrogen) atoms. The van der Waals surface area contributed by atoms with Gasteiger partial charge in [0, 0.05) is 5.56 Å². The van der Waals surface area contributed by atoms with Crippen molar-refractivity contribution in [2.24, 2.45) is 0 Å². The van der Waals surface area contributed by atoms with Gasteiger partial charge in [-0.2, -0.15) is 0 Å². The lowest BCUT2D eigenvalue weighted by atomic mass is 9.92. The zero-order valence-electron chi connectivity index (χ0n) is 14.3. The van der Waals surface area contributed by atoms with Crippen molar-refractivity contribution in [2.75, 3.05) is 0 Å². The summed E-state index contributed by atoms with van der Waals surface area (Å²) < 4.78 is 5.54. The van der Waals surface area contributed by atoms with Crippen LogP contribution >= 0.6 is 0 Å². The van der Waals surface area contributed by atoms with Gasteiger partial charge in [0.05, 0.1) is 0 Å². The van der Waals surface area contributed by atoms with Crippen LogP contribution in [0.15, 0.2) is 84.9 Å². The first kappa shape index (κ1) is 16.8. The van der Waals surface area contributed by atoms with Gasteiger partial charge in [-0.05, 0) is 39.7 Å². The topological polar surface area (TPSA) is 63.6 Å². The minimum Gasteiger partial charge on any atom is -0.478 e. The van der Waals surface area contributed by atoms with Crippen molar-refractivity contribution >= 4 is 33.3 Å². The van der Waals surface area contributed by atoms with Crippen LogP contribution in [0.3, 0.4) is 0 Å². The highest BCUT2D eigenvalue weighted by molar-refractivity contribution is 6.24. The van der Waals surface area contributed by atoms with Crippen LogP contribution in [0, 0.1) is 0 Å². The highest BCUT2D eigenvalue weighted by atomic mass is 16.5.